The summed E-state index contributed by atoms with van der Waals surface area (Å²) < 4.78 is 18.8. The zero-order valence-electron chi connectivity index (χ0n) is 14.4. The summed E-state index contributed by atoms with van der Waals surface area (Å²) >= 11 is 6.19. The quantitative estimate of drug-likeness (QED) is 0.666. The molecule has 2 heterocycles. The third kappa shape index (κ3) is 3.71. The predicted molar refractivity (Wildman–Crippen MR) is 98.5 cm³/mol. The first-order valence-corrected chi connectivity index (χ1v) is 9.12. The highest BCUT2D eigenvalue weighted by Crippen LogP contribution is 2.33. The predicted octanol–water partition coefficient (Wildman–Crippen LogP) is 4.44. The Balaban J connectivity index is 1.53. The molecule has 1 aromatic heterocycles. The van der Waals surface area contributed by atoms with Crippen LogP contribution in [0.4, 0.5) is 4.39 Å². The van der Waals surface area contributed by atoms with Gasteiger partial charge in [0.25, 0.3) is 0 Å². The van der Waals surface area contributed by atoms with Gasteiger partial charge in [0.1, 0.15) is 11.9 Å². The monoisotopic (exact) mass is 385 g/mol. The van der Waals surface area contributed by atoms with Crippen molar-refractivity contribution in [3.63, 3.8) is 0 Å². The average Bonchev–Trinajstić information content (AvgIpc) is 3.31. The molecule has 4 rings (SSSR count). The zero-order chi connectivity index (χ0) is 18.8. The number of rotatable bonds is 4. The lowest BCUT2D eigenvalue weighted by Gasteiger charge is -2.21. The molecule has 138 valence electrons. The lowest BCUT2D eigenvalue weighted by Crippen LogP contribution is -2.32. The van der Waals surface area contributed by atoms with Crippen LogP contribution in [-0.2, 0) is 11.2 Å². The van der Waals surface area contributed by atoms with Gasteiger partial charge in [0.15, 0.2) is 0 Å². The maximum atomic E-state index is 13.4. The highest BCUT2D eigenvalue weighted by Gasteiger charge is 2.34. The second-order valence-electron chi connectivity index (χ2n) is 6.49. The van der Waals surface area contributed by atoms with E-state index < -0.39 is 0 Å². The Kier molecular flexibility index (Phi) is 4.90. The van der Waals surface area contributed by atoms with Gasteiger partial charge in [-0.15, -0.1) is 0 Å². The van der Waals surface area contributed by atoms with Gasteiger partial charge in [-0.05, 0) is 42.7 Å². The van der Waals surface area contributed by atoms with E-state index in [1.54, 1.807) is 23.1 Å². The Morgan fingerprint density at radius 3 is 2.93 bits per heavy atom. The second-order valence-corrected chi connectivity index (χ2v) is 6.90. The first-order valence-electron chi connectivity index (χ1n) is 8.74. The van der Waals surface area contributed by atoms with Crippen LogP contribution in [0.1, 0.15) is 30.3 Å². The fourth-order valence-corrected chi connectivity index (χ4v) is 3.59. The molecular weight excluding hydrogens is 369 g/mol. The van der Waals surface area contributed by atoms with E-state index in [1.807, 2.05) is 18.2 Å². The number of hydrogen-bond donors (Lipinski definition) is 0. The summed E-state index contributed by atoms with van der Waals surface area (Å²) in [6.07, 6.45) is 1.74. The number of amides is 1. The minimum Gasteiger partial charge on any atom is -0.337 e. The largest absolute Gasteiger partial charge is 0.337 e. The van der Waals surface area contributed by atoms with Crippen molar-refractivity contribution in [2.45, 2.75) is 25.3 Å². The van der Waals surface area contributed by atoms with Crippen LogP contribution in [0.3, 0.4) is 0 Å². The summed E-state index contributed by atoms with van der Waals surface area (Å²) in [5.74, 6) is 0.371. The van der Waals surface area contributed by atoms with Crippen molar-refractivity contribution in [2.75, 3.05) is 6.54 Å². The van der Waals surface area contributed by atoms with Gasteiger partial charge in [0.05, 0.1) is 11.4 Å². The maximum Gasteiger partial charge on any atom is 0.249 e. The first-order chi connectivity index (χ1) is 13.1. The summed E-state index contributed by atoms with van der Waals surface area (Å²) in [4.78, 5) is 18.9. The number of carbonyl (C=O) groups excluding carboxylic acids is 1. The van der Waals surface area contributed by atoms with E-state index in [-0.39, 0.29) is 24.2 Å². The molecule has 1 aliphatic heterocycles. The minimum absolute atomic E-state index is 0.0828. The Morgan fingerprint density at radius 2 is 2.11 bits per heavy atom. The number of nitrogens with zero attached hydrogens (tertiary/aromatic N) is 3. The van der Waals surface area contributed by atoms with Crippen LogP contribution >= 0.6 is 11.6 Å². The minimum atomic E-state index is -0.348. The lowest BCUT2D eigenvalue weighted by molar-refractivity contribution is -0.131. The van der Waals surface area contributed by atoms with E-state index >= 15 is 0 Å². The molecule has 5 nitrogen and oxygen atoms in total. The van der Waals surface area contributed by atoms with Crippen LogP contribution < -0.4 is 0 Å². The van der Waals surface area contributed by atoms with Crippen molar-refractivity contribution >= 4 is 17.5 Å². The molecule has 1 aliphatic rings. The fourth-order valence-electron chi connectivity index (χ4n) is 3.37. The van der Waals surface area contributed by atoms with Gasteiger partial charge in [-0.3, -0.25) is 4.79 Å². The van der Waals surface area contributed by atoms with Crippen LogP contribution in [0.5, 0.6) is 0 Å². The number of hydrogen-bond acceptors (Lipinski definition) is 4. The molecule has 0 aliphatic carbocycles. The van der Waals surface area contributed by atoms with Crippen LogP contribution in [0, 0.1) is 5.82 Å². The van der Waals surface area contributed by atoms with E-state index in [9.17, 15) is 9.18 Å². The highest BCUT2D eigenvalue weighted by atomic mass is 35.5. The normalized spacial score (nSPS) is 16.7. The Labute approximate surface area is 160 Å². The molecule has 0 spiro atoms. The highest BCUT2D eigenvalue weighted by molar-refractivity contribution is 6.33. The number of benzene rings is 2. The molecule has 7 heteroatoms. The lowest BCUT2D eigenvalue weighted by atomic mass is 10.1. The van der Waals surface area contributed by atoms with Crippen molar-refractivity contribution in [3.8, 4) is 11.4 Å². The molecule has 1 saturated heterocycles. The Morgan fingerprint density at radius 1 is 1.26 bits per heavy atom. The van der Waals surface area contributed by atoms with Crippen molar-refractivity contribution in [3.05, 3.63) is 70.8 Å². The van der Waals surface area contributed by atoms with Crippen LogP contribution in [0.25, 0.3) is 11.4 Å². The average molecular weight is 386 g/mol. The van der Waals surface area contributed by atoms with Gasteiger partial charge < -0.3 is 9.42 Å². The number of halogens is 2. The van der Waals surface area contributed by atoms with Crippen molar-refractivity contribution in [1.29, 1.82) is 0 Å². The van der Waals surface area contributed by atoms with Crippen LogP contribution in [-0.4, -0.2) is 27.5 Å². The van der Waals surface area contributed by atoms with Gasteiger partial charge in [0, 0.05) is 12.1 Å². The number of likely N-dealkylation sites (tertiary alicyclic amines) is 1. The van der Waals surface area contributed by atoms with E-state index in [4.69, 9.17) is 16.1 Å². The molecule has 0 unspecified atom stereocenters. The molecule has 1 fully saturated rings. The molecule has 1 amide bonds. The maximum absolute atomic E-state index is 13.4. The molecule has 2 aromatic carbocycles. The SMILES string of the molecule is O=C(Cc1cccc(F)c1)N1CCC[C@H]1c1nc(-c2ccccc2Cl)no1. The fraction of sp³-hybridized carbons (Fsp3) is 0.250. The molecule has 0 saturated carbocycles. The summed E-state index contributed by atoms with van der Waals surface area (Å²) in [7, 11) is 0. The third-order valence-electron chi connectivity index (χ3n) is 4.66. The van der Waals surface area contributed by atoms with Gasteiger partial charge in [-0.2, -0.15) is 4.98 Å². The second kappa shape index (κ2) is 7.48. The van der Waals surface area contributed by atoms with Gasteiger partial charge >= 0.3 is 0 Å². The van der Waals surface area contributed by atoms with E-state index in [1.165, 1.54) is 12.1 Å². The summed E-state index contributed by atoms with van der Waals surface area (Å²) in [6, 6.07) is 13.1. The third-order valence-corrected chi connectivity index (χ3v) is 4.99. The van der Waals surface area contributed by atoms with Gasteiger partial charge in [-0.25, -0.2) is 4.39 Å². The summed E-state index contributed by atoms with van der Waals surface area (Å²) in [5, 5.41) is 4.56. The Bertz CT molecular complexity index is 975. The molecule has 1 atom stereocenters. The van der Waals surface area contributed by atoms with Crippen molar-refractivity contribution in [2.24, 2.45) is 0 Å². The van der Waals surface area contributed by atoms with Crippen molar-refractivity contribution in [1.82, 2.24) is 15.0 Å². The van der Waals surface area contributed by atoms with Crippen LogP contribution in [0.15, 0.2) is 53.1 Å². The zero-order valence-corrected chi connectivity index (χ0v) is 15.2. The van der Waals surface area contributed by atoms with Gasteiger partial charge in [-0.1, -0.05) is 41.0 Å². The first kappa shape index (κ1) is 17.7. The van der Waals surface area contributed by atoms with E-state index in [0.29, 0.717) is 34.4 Å². The van der Waals surface area contributed by atoms with E-state index in [0.717, 1.165) is 12.8 Å². The summed E-state index contributed by atoms with van der Waals surface area (Å²) in [5.41, 5.74) is 1.33. The van der Waals surface area contributed by atoms with Crippen LogP contribution in [0.2, 0.25) is 5.02 Å². The molecular formula is C20H17ClFN3O2. The molecule has 3 aromatic rings. The number of aromatic nitrogens is 2. The van der Waals surface area contributed by atoms with Crippen molar-refractivity contribution < 1.29 is 13.7 Å². The molecule has 0 radical (unpaired) electrons. The molecule has 0 bridgehead atoms. The van der Waals surface area contributed by atoms with Gasteiger partial charge in [0.2, 0.25) is 17.6 Å². The smallest absolute Gasteiger partial charge is 0.249 e. The molecule has 0 N–H and O–H groups in total. The molecule has 27 heavy (non-hydrogen) atoms. The standard InChI is InChI=1S/C20H17ClFN3O2/c21-16-8-2-1-7-15(16)19-23-20(27-24-19)17-9-4-10-25(17)18(26)12-13-5-3-6-14(22)11-13/h1-3,5-8,11,17H,4,9-10,12H2/t17-/m0/s1. The topological polar surface area (TPSA) is 59.2 Å². The Hall–Kier alpha value is -2.73. The van der Waals surface area contributed by atoms with E-state index in [2.05, 4.69) is 10.1 Å². The number of carbonyl (C=O) groups is 1. The summed E-state index contributed by atoms with van der Waals surface area (Å²) in [6.45, 7) is 0.614.